The SMILES string of the molecule is CCSC1=C(C#N)C2(CCCCC2)[C@H](C#N)C(=O)N1. The van der Waals surface area contributed by atoms with E-state index < -0.39 is 11.3 Å². The number of nitrogens with zero attached hydrogens (tertiary/aromatic N) is 2. The van der Waals surface area contributed by atoms with Gasteiger partial charge in [-0.15, -0.1) is 11.8 Å². The van der Waals surface area contributed by atoms with Crippen molar-refractivity contribution in [2.24, 2.45) is 11.3 Å². The van der Waals surface area contributed by atoms with Crippen molar-refractivity contribution in [2.75, 3.05) is 5.75 Å². The number of allylic oxidation sites excluding steroid dienone is 1. The fourth-order valence-electron chi connectivity index (χ4n) is 3.19. The van der Waals surface area contributed by atoms with Gasteiger partial charge in [0.1, 0.15) is 5.92 Å². The van der Waals surface area contributed by atoms with Gasteiger partial charge < -0.3 is 5.32 Å². The molecule has 2 aliphatic rings. The molecule has 0 unspecified atom stereocenters. The van der Waals surface area contributed by atoms with Gasteiger partial charge in [-0.1, -0.05) is 26.2 Å². The number of carbonyl (C=O) groups is 1. The van der Waals surface area contributed by atoms with Crippen molar-refractivity contribution in [1.29, 1.82) is 10.5 Å². The molecule has 4 nitrogen and oxygen atoms in total. The average molecular weight is 275 g/mol. The molecule has 0 bridgehead atoms. The molecule has 1 heterocycles. The van der Waals surface area contributed by atoms with Crippen LogP contribution in [0.25, 0.3) is 0 Å². The summed E-state index contributed by atoms with van der Waals surface area (Å²) in [6, 6.07) is 4.41. The fraction of sp³-hybridized carbons (Fsp3) is 0.643. The Labute approximate surface area is 117 Å². The minimum absolute atomic E-state index is 0.237. The Morgan fingerprint density at radius 1 is 1.37 bits per heavy atom. The van der Waals surface area contributed by atoms with E-state index in [2.05, 4.69) is 17.5 Å². The van der Waals surface area contributed by atoms with Gasteiger partial charge in [-0.2, -0.15) is 10.5 Å². The monoisotopic (exact) mass is 275 g/mol. The first-order valence-electron chi connectivity index (χ1n) is 6.67. The molecule has 1 aliphatic heterocycles. The number of hydrogen-bond acceptors (Lipinski definition) is 4. The molecular weight excluding hydrogens is 258 g/mol. The summed E-state index contributed by atoms with van der Waals surface area (Å²) in [7, 11) is 0. The molecule has 1 fully saturated rings. The standard InChI is InChI=1S/C14H17N3OS/c1-2-19-13-11(9-16)14(6-4-3-5-7-14)10(8-15)12(18)17-13/h10H,2-7H2,1H3,(H,17,18)/t10-/m1/s1. The molecular formula is C14H17N3OS. The zero-order chi connectivity index (χ0) is 13.9. The predicted octanol–water partition coefficient (Wildman–Crippen LogP) is 2.69. The second-order valence-electron chi connectivity index (χ2n) is 5.02. The quantitative estimate of drug-likeness (QED) is 0.840. The van der Waals surface area contributed by atoms with Crippen LogP contribution in [0.4, 0.5) is 0 Å². The molecule has 2 rings (SSSR count). The van der Waals surface area contributed by atoms with Crippen LogP contribution >= 0.6 is 11.8 Å². The molecule has 0 radical (unpaired) electrons. The van der Waals surface area contributed by atoms with Gasteiger partial charge >= 0.3 is 0 Å². The van der Waals surface area contributed by atoms with Crippen molar-refractivity contribution in [1.82, 2.24) is 5.32 Å². The van der Waals surface area contributed by atoms with Gasteiger partial charge in [0.15, 0.2) is 0 Å². The number of nitriles is 2. The maximum absolute atomic E-state index is 12.2. The molecule has 0 aromatic heterocycles. The molecule has 1 amide bonds. The Balaban J connectivity index is 2.54. The molecule has 1 saturated carbocycles. The van der Waals surface area contributed by atoms with Crippen molar-refractivity contribution < 1.29 is 4.79 Å². The van der Waals surface area contributed by atoms with E-state index in [4.69, 9.17) is 0 Å². The zero-order valence-corrected chi connectivity index (χ0v) is 11.8. The minimum atomic E-state index is -0.719. The summed E-state index contributed by atoms with van der Waals surface area (Å²) in [6.45, 7) is 1.99. The molecule has 1 spiro atoms. The van der Waals surface area contributed by atoms with Crippen LogP contribution < -0.4 is 5.32 Å². The normalized spacial score (nSPS) is 25.6. The Hall–Kier alpha value is -1.46. The van der Waals surface area contributed by atoms with Crippen molar-refractivity contribution in [3.8, 4) is 12.1 Å². The third-order valence-corrected chi connectivity index (χ3v) is 4.94. The molecule has 0 aromatic rings. The highest BCUT2D eigenvalue weighted by Gasteiger charge is 2.51. The Morgan fingerprint density at radius 3 is 2.58 bits per heavy atom. The first kappa shape index (κ1) is 14.0. The maximum atomic E-state index is 12.2. The lowest BCUT2D eigenvalue weighted by Gasteiger charge is -2.43. The minimum Gasteiger partial charge on any atom is -0.319 e. The lowest BCUT2D eigenvalue weighted by atomic mass is 9.61. The van der Waals surface area contributed by atoms with Crippen LogP contribution in [0.5, 0.6) is 0 Å². The van der Waals surface area contributed by atoms with Crippen molar-refractivity contribution in [3.63, 3.8) is 0 Å². The second-order valence-corrected chi connectivity index (χ2v) is 6.29. The van der Waals surface area contributed by atoms with E-state index in [-0.39, 0.29) is 5.91 Å². The Morgan fingerprint density at radius 2 is 2.05 bits per heavy atom. The highest BCUT2D eigenvalue weighted by atomic mass is 32.2. The van der Waals surface area contributed by atoms with Gasteiger partial charge in [0.05, 0.1) is 22.7 Å². The molecule has 0 aromatic carbocycles. The average Bonchev–Trinajstić information content (AvgIpc) is 2.40. The first-order valence-corrected chi connectivity index (χ1v) is 7.66. The van der Waals surface area contributed by atoms with Crippen LogP contribution in [0.3, 0.4) is 0 Å². The molecule has 0 saturated heterocycles. The second kappa shape index (κ2) is 5.67. The summed E-state index contributed by atoms with van der Waals surface area (Å²) in [5, 5.41) is 22.3. The van der Waals surface area contributed by atoms with Crippen LogP contribution in [-0.4, -0.2) is 11.7 Å². The number of thioether (sulfide) groups is 1. The van der Waals surface area contributed by atoms with E-state index >= 15 is 0 Å². The maximum Gasteiger partial charge on any atom is 0.243 e. The molecule has 100 valence electrons. The summed E-state index contributed by atoms with van der Waals surface area (Å²) in [5.41, 5.74) is 0.0897. The van der Waals surface area contributed by atoms with E-state index in [0.717, 1.165) is 37.9 Å². The molecule has 1 aliphatic carbocycles. The van der Waals surface area contributed by atoms with Gasteiger partial charge in [0.2, 0.25) is 5.91 Å². The van der Waals surface area contributed by atoms with E-state index in [0.29, 0.717) is 10.6 Å². The van der Waals surface area contributed by atoms with E-state index in [1.54, 1.807) is 0 Å². The number of rotatable bonds is 2. The van der Waals surface area contributed by atoms with Crippen molar-refractivity contribution in [3.05, 3.63) is 10.6 Å². The number of carbonyl (C=O) groups excluding carboxylic acids is 1. The van der Waals surface area contributed by atoms with Crippen LogP contribution in [-0.2, 0) is 4.79 Å². The van der Waals surface area contributed by atoms with Crippen molar-refractivity contribution in [2.45, 2.75) is 39.0 Å². The van der Waals surface area contributed by atoms with Gasteiger partial charge in [-0.05, 0) is 18.6 Å². The number of hydrogen-bond donors (Lipinski definition) is 1. The van der Waals surface area contributed by atoms with Gasteiger partial charge in [0, 0.05) is 5.41 Å². The van der Waals surface area contributed by atoms with Crippen LogP contribution in [0, 0.1) is 34.0 Å². The van der Waals surface area contributed by atoms with Crippen LogP contribution in [0.15, 0.2) is 10.6 Å². The predicted molar refractivity (Wildman–Crippen MR) is 73.5 cm³/mol. The first-order chi connectivity index (χ1) is 9.19. The summed E-state index contributed by atoms with van der Waals surface area (Å²) < 4.78 is 0. The van der Waals surface area contributed by atoms with Crippen molar-refractivity contribution >= 4 is 17.7 Å². The Bertz CT molecular complexity index is 492. The lowest BCUT2D eigenvalue weighted by molar-refractivity contribution is -0.126. The van der Waals surface area contributed by atoms with E-state index in [9.17, 15) is 15.3 Å². The zero-order valence-electron chi connectivity index (χ0n) is 11.0. The number of amides is 1. The van der Waals surface area contributed by atoms with Gasteiger partial charge in [-0.3, -0.25) is 4.79 Å². The van der Waals surface area contributed by atoms with Crippen LogP contribution in [0.2, 0.25) is 0 Å². The van der Waals surface area contributed by atoms with Gasteiger partial charge in [0.25, 0.3) is 0 Å². The van der Waals surface area contributed by atoms with Gasteiger partial charge in [-0.25, -0.2) is 0 Å². The largest absolute Gasteiger partial charge is 0.319 e. The van der Waals surface area contributed by atoms with E-state index in [1.807, 2.05) is 6.92 Å². The summed E-state index contributed by atoms with van der Waals surface area (Å²) in [5.74, 6) is -0.156. The van der Waals surface area contributed by atoms with E-state index in [1.165, 1.54) is 11.8 Å². The molecule has 1 atom stereocenters. The summed E-state index contributed by atoms with van der Waals surface area (Å²) in [6.07, 6.45) is 4.64. The smallest absolute Gasteiger partial charge is 0.243 e. The highest BCUT2D eigenvalue weighted by Crippen LogP contribution is 2.51. The lowest BCUT2D eigenvalue weighted by Crippen LogP contribution is -2.48. The fourth-order valence-corrected chi connectivity index (χ4v) is 4.04. The summed E-state index contributed by atoms with van der Waals surface area (Å²) >= 11 is 1.48. The molecule has 1 N–H and O–H groups in total. The summed E-state index contributed by atoms with van der Waals surface area (Å²) in [4.78, 5) is 12.2. The highest BCUT2D eigenvalue weighted by molar-refractivity contribution is 8.03. The number of nitrogens with one attached hydrogen (secondary N) is 1. The molecule has 19 heavy (non-hydrogen) atoms. The topological polar surface area (TPSA) is 76.7 Å². The third kappa shape index (κ3) is 2.24. The molecule has 5 heteroatoms. The van der Waals surface area contributed by atoms with Crippen LogP contribution in [0.1, 0.15) is 39.0 Å². The Kier molecular flexibility index (Phi) is 4.17. The third-order valence-electron chi connectivity index (χ3n) is 4.05.